The molecule has 0 radical (unpaired) electrons. The minimum absolute atomic E-state index is 0.0334. The molecule has 2 aliphatic heterocycles. The number of cyclic esters (lactones) is 1. The van der Waals surface area contributed by atoms with E-state index in [9.17, 15) is 19.8 Å². The Hall–Kier alpha value is -1.90. The molecule has 8 heteroatoms. The summed E-state index contributed by atoms with van der Waals surface area (Å²) in [6, 6.07) is 1.69. The van der Waals surface area contributed by atoms with Crippen LogP contribution in [0, 0.1) is 22.7 Å². The van der Waals surface area contributed by atoms with Gasteiger partial charge in [-0.05, 0) is 43.6 Å². The topological polar surface area (TPSA) is 119 Å². The van der Waals surface area contributed by atoms with Gasteiger partial charge >= 0.3 is 11.9 Å². The first-order chi connectivity index (χ1) is 14.3. The SMILES string of the molecule is CC(=O)OC1CCC2C3(CC(O)c4ccoc4)C(=O)OCC2(C(O)CC3C)C12CO2. The van der Waals surface area contributed by atoms with Crippen LogP contribution in [0.4, 0.5) is 0 Å². The van der Waals surface area contributed by atoms with Crippen molar-refractivity contribution >= 4 is 11.9 Å². The smallest absolute Gasteiger partial charge is 0.312 e. The highest BCUT2D eigenvalue weighted by molar-refractivity contribution is 5.80. The molecule has 1 spiro atoms. The van der Waals surface area contributed by atoms with Gasteiger partial charge in [0.2, 0.25) is 0 Å². The zero-order valence-corrected chi connectivity index (χ0v) is 17.2. The summed E-state index contributed by atoms with van der Waals surface area (Å²) in [5, 5.41) is 22.3. The molecule has 2 saturated heterocycles. The molecule has 8 unspecified atom stereocenters. The normalized spacial score (nSPS) is 45.4. The predicted octanol–water partition coefficient (Wildman–Crippen LogP) is 1.74. The van der Waals surface area contributed by atoms with Crippen molar-refractivity contribution in [2.45, 2.75) is 63.4 Å². The second-order valence-electron chi connectivity index (χ2n) is 9.49. The van der Waals surface area contributed by atoms with Crippen molar-refractivity contribution in [1.82, 2.24) is 0 Å². The molecule has 1 aromatic heterocycles. The largest absolute Gasteiger partial charge is 0.472 e. The minimum Gasteiger partial charge on any atom is -0.472 e. The number of furan rings is 1. The standard InChI is InChI=1S/C22H28O8/c1-12-7-17(25)21-10-28-19(26)20(12,8-15(24)14-5-6-27-9-14)16(21)3-4-18(30-13(2)23)22(21)11-29-22/h5-6,9,12,15-18,24-25H,3-4,7-8,10-11H2,1-2H3. The number of carbonyl (C=O) groups is 2. The van der Waals surface area contributed by atoms with Gasteiger partial charge in [0.1, 0.15) is 18.3 Å². The lowest BCUT2D eigenvalue weighted by atomic mass is 9.41. The van der Waals surface area contributed by atoms with Crippen molar-refractivity contribution in [3.8, 4) is 0 Å². The lowest BCUT2D eigenvalue weighted by Gasteiger charge is -2.65. The molecule has 1 aromatic rings. The second-order valence-corrected chi connectivity index (χ2v) is 9.49. The van der Waals surface area contributed by atoms with Crippen molar-refractivity contribution in [2.24, 2.45) is 22.7 Å². The third kappa shape index (κ3) is 2.38. The van der Waals surface area contributed by atoms with E-state index in [1.807, 2.05) is 6.92 Å². The van der Waals surface area contributed by atoms with E-state index in [2.05, 4.69) is 0 Å². The van der Waals surface area contributed by atoms with Crippen LogP contribution in [0.3, 0.4) is 0 Å². The van der Waals surface area contributed by atoms with Gasteiger partial charge in [0.15, 0.2) is 0 Å². The van der Waals surface area contributed by atoms with E-state index < -0.39 is 40.7 Å². The van der Waals surface area contributed by atoms with Crippen LogP contribution in [0.5, 0.6) is 0 Å². The summed E-state index contributed by atoms with van der Waals surface area (Å²) < 4.78 is 22.4. The Kier molecular flexibility index (Phi) is 4.37. The third-order valence-electron chi connectivity index (χ3n) is 8.36. The van der Waals surface area contributed by atoms with E-state index in [0.717, 1.165) is 0 Å². The highest BCUT2D eigenvalue weighted by Crippen LogP contribution is 2.71. The number of aliphatic hydroxyl groups excluding tert-OH is 2. The van der Waals surface area contributed by atoms with Gasteiger partial charge in [-0.1, -0.05) is 6.92 Å². The first kappa shape index (κ1) is 20.0. The Morgan fingerprint density at radius 1 is 1.37 bits per heavy atom. The van der Waals surface area contributed by atoms with Gasteiger partial charge in [-0.15, -0.1) is 0 Å². The van der Waals surface area contributed by atoms with Crippen molar-refractivity contribution in [3.63, 3.8) is 0 Å². The van der Waals surface area contributed by atoms with Gasteiger partial charge < -0.3 is 28.8 Å². The van der Waals surface area contributed by atoms with Gasteiger partial charge in [0, 0.05) is 12.5 Å². The molecule has 3 heterocycles. The molecule has 4 fully saturated rings. The molecule has 5 rings (SSSR count). The molecule has 2 aliphatic carbocycles. The van der Waals surface area contributed by atoms with Gasteiger partial charge in [-0.25, -0.2) is 0 Å². The van der Waals surface area contributed by atoms with Crippen LogP contribution in [0.15, 0.2) is 23.0 Å². The van der Waals surface area contributed by atoms with Crippen LogP contribution >= 0.6 is 0 Å². The minimum atomic E-state index is -0.964. The average Bonchev–Trinajstić information content (AvgIpc) is 3.29. The van der Waals surface area contributed by atoms with Crippen molar-refractivity contribution in [2.75, 3.05) is 13.2 Å². The van der Waals surface area contributed by atoms with E-state index in [1.54, 1.807) is 6.07 Å². The summed E-state index contributed by atoms with van der Waals surface area (Å²) in [5.74, 6) is -1.16. The average molecular weight is 420 g/mol. The van der Waals surface area contributed by atoms with Crippen molar-refractivity contribution < 1.29 is 38.4 Å². The second kappa shape index (κ2) is 6.55. The fourth-order valence-electron chi connectivity index (χ4n) is 6.93. The number of aliphatic hydroxyl groups is 2. The molecule has 2 bridgehead atoms. The van der Waals surface area contributed by atoms with Crippen molar-refractivity contribution in [1.29, 1.82) is 0 Å². The van der Waals surface area contributed by atoms with Gasteiger partial charge in [0.25, 0.3) is 0 Å². The molecule has 2 N–H and O–H groups in total. The van der Waals surface area contributed by atoms with Crippen LogP contribution in [0.1, 0.15) is 51.2 Å². The summed E-state index contributed by atoms with van der Waals surface area (Å²) in [7, 11) is 0. The molecule has 8 nitrogen and oxygen atoms in total. The van der Waals surface area contributed by atoms with Crippen LogP contribution in [0.25, 0.3) is 0 Å². The Bertz CT molecular complexity index is 845. The zero-order chi connectivity index (χ0) is 21.3. The molecule has 2 saturated carbocycles. The lowest BCUT2D eigenvalue weighted by Crippen LogP contribution is -2.74. The van der Waals surface area contributed by atoms with Crippen LogP contribution in [-0.4, -0.2) is 53.2 Å². The number of carbonyl (C=O) groups excluding carboxylic acids is 2. The van der Waals surface area contributed by atoms with E-state index >= 15 is 0 Å². The number of hydrogen-bond donors (Lipinski definition) is 2. The summed E-state index contributed by atoms with van der Waals surface area (Å²) in [5.41, 5.74) is -2.07. The van der Waals surface area contributed by atoms with Crippen molar-refractivity contribution in [3.05, 3.63) is 24.2 Å². The molecule has 4 aliphatic rings. The molecule has 164 valence electrons. The number of rotatable bonds is 4. The van der Waals surface area contributed by atoms with Gasteiger partial charge in [-0.3, -0.25) is 9.59 Å². The molecule has 0 aromatic carbocycles. The highest BCUT2D eigenvalue weighted by Gasteiger charge is 2.81. The first-order valence-electron chi connectivity index (χ1n) is 10.6. The lowest BCUT2D eigenvalue weighted by molar-refractivity contribution is -0.277. The number of epoxide rings is 1. The Balaban J connectivity index is 1.58. The molecule has 30 heavy (non-hydrogen) atoms. The van der Waals surface area contributed by atoms with Crippen LogP contribution in [0.2, 0.25) is 0 Å². The maximum atomic E-state index is 13.3. The maximum absolute atomic E-state index is 13.3. The predicted molar refractivity (Wildman–Crippen MR) is 101 cm³/mol. The van der Waals surface area contributed by atoms with E-state index in [1.165, 1.54) is 19.5 Å². The van der Waals surface area contributed by atoms with Gasteiger partial charge in [0.05, 0.1) is 42.2 Å². The third-order valence-corrected chi connectivity index (χ3v) is 8.36. The van der Waals surface area contributed by atoms with Crippen LogP contribution < -0.4 is 0 Å². The number of ether oxygens (including phenoxy) is 3. The number of hydrogen-bond acceptors (Lipinski definition) is 8. The Morgan fingerprint density at radius 3 is 2.77 bits per heavy atom. The molecular formula is C22H28O8. The summed E-state index contributed by atoms with van der Waals surface area (Å²) >= 11 is 0. The van der Waals surface area contributed by atoms with Gasteiger partial charge in [-0.2, -0.15) is 0 Å². The molecular weight excluding hydrogens is 392 g/mol. The molecule has 0 amide bonds. The summed E-state index contributed by atoms with van der Waals surface area (Å²) in [6.07, 6.45) is 2.53. The molecule has 8 atom stereocenters. The fourth-order valence-corrected chi connectivity index (χ4v) is 6.93. The van der Waals surface area contributed by atoms with E-state index in [0.29, 0.717) is 31.4 Å². The Labute approximate surface area is 174 Å². The van der Waals surface area contributed by atoms with Crippen LogP contribution in [-0.2, 0) is 23.8 Å². The summed E-state index contributed by atoms with van der Waals surface area (Å²) in [4.78, 5) is 25.0. The quantitative estimate of drug-likeness (QED) is 0.559. The van der Waals surface area contributed by atoms with E-state index in [4.69, 9.17) is 18.6 Å². The number of esters is 2. The first-order valence-corrected chi connectivity index (χ1v) is 10.6. The maximum Gasteiger partial charge on any atom is 0.312 e. The Morgan fingerprint density at radius 2 is 2.13 bits per heavy atom. The zero-order valence-electron chi connectivity index (χ0n) is 17.2. The summed E-state index contributed by atoms with van der Waals surface area (Å²) in [6.45, 7) is 3.70. The highest BCUT2D eigenvalue weighted by atomic mass is 16.6. The monoisotopic (exact) mass is 420 g/mol. The van der Waals surface area contributed by atoms with E-state index in [-0.39, 0.29) is 30.8 Å². The fraction of sp³-hybridized carbons (Fsp3) is 0.727.